The first-order valence-corrected chi connectivity index (χ1v) is 10.1. The fourth-order valence-electron chi connectivity index (χ4n) is 3.14. The van der Waals surface area contributed by atoms with E-state index in [1.54, 1.807) is 6.33 Å². The van der Waals surface area contributed by atoms with Gasteiger partial charge in [-0.15, -0.1) is 10.2 Å². The number of benzene rings is 1. The van der Waals surface area contributed by atoms with Gasteiger partial charge in [0.25, 0.3) is 0 Å². The van der Waals surface area contributed by atoms with Crippen molar-refractivity contribution < 1.29 is 0 Å². The van der Waals surface area contributed by atoms with Crippen LogP contribution in [0.3, 0.4) is 0 Å². The average molecular weight is 382 g/mol. The Morgan fingerprint density at radius 2 is 2.04 bits per heavy atom. The van der Waals surface area contributed by atoms with E-state index in [-0.39, 0.29) is 0 Å². The molecular formula is C21H31N7. The molecule has 1 aromatic carbocycles. The Morgan fingerprint density at radius 3 is 2.86 bits per heavy atom. The number of H-pyrrole nitrogens is 1. The number of nitrogens with zero attached hydrogens (tertiary/aromatic N) is 4. The van der Waals surface area contributed by atoms with Crippen LogP contribution in [0.15, 0.2) is 41.8 Å². The molecule has 28 heavy (non-hydrogen) atoms. The third-order valence-corrected chi connectivity index (χ3v) is 4.63. The maximum Gasteiger partial charge on any atom is 0.191 e. The third-order valence-electron chi connectivity index (χ3n) is 4.63. The van der Waals surface area contributed by atoms with E-state index in [0.29, 0.717) is 5.92 Å². The number of aromatic nitrogens is 4. The summed E-state index contributed by atoms with van der Waals surface area (Å²) in [4.78, 5) is 8.05. The molecular weight excluding hydrogens is 350 g/mol. The van der Waals surface area contributed by atoms with E-state index in [1.807, 2.05) is 0 Å². The van der Waals surface area contributed by atoms with Crippen molar-refractivity contribution >= 4 is 16.9 Å². The summed E-state index contributed by atoms with van der Waals surface area (Å²) < 4.78 is 2.08. The summed E-state index contributed by atoms with van der Waals surface area (Å²) in [5.74, 6) is 2.39. The van der Waals surface area contributed by atoms with Crippen molar-refractivity contribution in [2.45, 2.75) is 40.2 Å². The highest BCUT2D eigenvalue weighted by Gasteiger charge is 2.05. The monoisotopic (exact) mass is 381 g/mol. The quantitative estimate of drug-likeness (QED) is 0.393. The van der Waals surface area contributed by atoms with Gasteiger partial charge in [-0.2, -0.15) is 0 Å². The number of aromatic amines is 1. The molecule has 0 atom stereocenters. The van der Waals surface area contributed by atoms with Crippen LogP contribution in [0.25, 0.3) is 10.9 Å². The van der Waals surface area contributed by atoms with Crippen molar-refractivity contribution in [1.82, 2.24) is 30.4 Å². The highest BCUT2D eigenvalue weighted by molar-refractivity contribution is 5.83. The molecule has 0 saturated carbocycles. The van der Waals surface area contributed by atoms with Crippen LogP contribution >= 0.6 is 0 Å². The molecule has 150 valence electrons. The Morgan fingerprint density at radius 1 is 1.21 bits per heavy atom. The second kappa shape index (κ2) is 9.92. The molecule has 0 saturated heterocycles. The first-order valence-electron chi connectivity index (χ1n) is 10.1. The number of hydrogen-bond donors (Lipinski definition) is 3. The molecule has 7 heteroatoms. The number of aliphatic imine (C=N–C) groups is 1. The lowest BCUT2D eigenvalue weighted by molar-refractivity contribution is 0.623. The smallest absolute Gasteiger partial charge is 0.191 e. The summed E-state index contributed by atoms with van der Waals surface area (Å²) in [7, 11) is 0. The fourth-order valence-corrected chi connectivity index (χ4v) is 3.14. The van der Waals surface area contributed by atoms with Crippen LogP contribution in [-0.4, -0.2) is 45.3 Å². The summed E-state index contributed by atoms with van der Waals surface area (Å²) in [6.45, 7) is 9.68. The van der Waals surface area contributed by atoms with Crippen molar-refractivity contribution in [2.75, 3.05) is 19.6 Å². The standard InChI is InChI=1S/C21H31N7/c1-4-20-27-26-15-28(20)12-11-23-21(25-13-16(2)3)22-10-9-17-14-24-19-8-6-5-7-18(17)19/h5-8,14-16,24H,4,9-13H2,1-3H3,(H2,22,23,25). The molecule has 0 unspecified atom stereocenters. The molecule has 2 heterocycles. The first-order chi connectivity index (χ1) is 13.7. The number of aryl methyl sites for hydroxylation is 1. The molecule has 0 amide bonds. The van der Waals surface area contributed by atoms with E-state index < -0.39 is 0 Å². The van der Waals surface area contributed by atoms with Gasteiger partial charge in [-0.25, -0.2) is 0 Å². The Bertz CT molecular complexity index is 891. The van der Waals surface area contributed by atoms with Gasteiger partial charge in [-0.3, -0.25) is 4.99 Å². The molecule has 3 rings (SSSR count). The summed E-state index contributed by atoms with van der Waals surface area (Å²) in [5, 5.41) is 16.3. The Balaban J connectivity index is 1.53. The van der Waals surface area contributed by atoms with Gasteiger partial charge in [-0.1, -0.05) is 39.0 Å². The van der Waals surface area contributed by atoms with Crippen LogP contribution in [0.4, 0.5) is 0 Å². The fraction of sp³-hybridized carbons (Fsp3) is 0.476. The zero-order chi connectivity index (χ0) is 19.8. The molecule has 0 aliphatic rings. The third kappa shape index (κ3) is 5.34. The van der Waals surface area contributed by atoms with Crippen LogP contribution in [0, 0.1) is 5.92 Å². The minimum absolute atomic E-state index is 0.525. The van der Waals surface area contributed by atoms with E-state index in [0.717, 1.165) is 50.8 Å². The molecule has 2 aromatic heterocycles. The largest absolute Gasteiger partial charge is 0.361 e. The Kier molecular flexibility index (Phi) is 7.06. The summed E-state index contributed by atoms with van der Waals surface area (Å²) in [6.07, 6.45) is 5.72. The lowest BCUT2D eigenvalue weighted by Gasteiger charge is -2.14. The summed E-state index contributed by atoms with van der Waals surface area (Å²) in [5.41, 5.74) is 2.51. The predicted octanol–water partition coefficient (Wildman–Crippen LogP) is 2.76. The number of guanidine groups is 1. The SMILES string of the molecule is CCc1nncn1CCNC(=NCC(C)C)NCCc1c[nH]c2ccccc12. The molecule has 0 spiro atoms. The normalized spacial score (nSPS) is 12.1. The van der Waals surface area contributed by atoms with Crippen molar-refractivity contribution in [3.8, 4) is 0 Å². The molecule has 0 aliphatic heterocycles. The maximum atomic E-state index is 4.71. The Labute approximate surface area is 166 Å². The molecule has 0 bridgehead atoms. The van der Waals surface area contributed by atoms with E-state index >= 15 is 0 Å². The van der Waals surface area contributed by atoms with Crippen molar-refractivity contribution in [2.24, 2.45) is 10.9 Å². The highest BCUT2D eigenvalue weighted by atomic mass is 15.3. The number of rotatable bonds is 9. The zero-order valence-electron chi connectivity index (χ0n) is 17.1. The second-order valence-electron chi connectivity index (χ2n) is 7.34. The maximum absolute atomic E-state index is 4.71. The Hall–Kier alpha value is -2.83. The molecule has 3 N–H and O–H groups in total. The second-order valence-corrected chi connectivity index (χ2v) is 7.34. The van der Waals surface area contributed by atoms with E-state index in [2.05, 4.69) is 81.6 Å². The lowest BCUT2D eigenvalue weighted by atomic mass is 10.1. The molecule has 0 radical (unpaired) electrons. The van der Waals surface area contributed by atoms with Crippen LogP contribution in [-0.2, 0) is 19.4 Å². The number of hydrogen-bond acceptors (Lipinski definition) is 3. The molecule has 7 nitrogen and oxygen atoms in total. The molecule has 0 aliphatic carbocycles. The minimum atomic E-state index is 0.525. The van der Waals surface area contributed by atoms with E-state index in [4.69, 9.17) is 4.99 Å². The number of nitrogens with one attached hydrogen (secondary N) is 3. The predicted molar refractivity (Wildman–Crippen MR) is 115 cm³/mol. The molecule has 3 aromatic rings. The van der Waals surface area contributed by atoms with Crippen molar-refractivity contribution in [3.63, 3.8) is 0 Å². The summed E-state index contributed by atoms with van der Waals surface area (Å²) >= 11 is 0. The van der Waals surface area contributed by atoms with E-state index in [9.17, 15) is 0 Å². The van der Waals surface area contributed by atoms with Gasteiger partial charge in [0.1, 0.15) is 12.2 Å². The van der Waals surface area contributed by atoms with Gasteiger partial charge in [0.05, 0.1) is 0 Å². The van der Waals surface area contributed by atoms with E-state index in [1.165, 1.54) is 16.5 Å². The van der Waals surface area contributed by atoms with Crippen molar-refractivity contribution in [1.29, 1.82) is 0 Å². The number of para-hydroxylation sites is 1. The van der Waals surface area contributed by atoms with Gasteiger partial charge in [0.2, 0.25) is 0 Å². The highest BCUT2D eigenvalue weighted by Crippen LogP contribution is 2.17. The van der Waals surface area contributed by atoms with Crippen LogP contribution in [0.2, 0.25) is 0 Å². The van der Waals surface area contributed by atoms with Crippen LogP contribution < -0.4 is 10.6 Å². The van der Waals surface area contributed by atoms with Gasteiger partial charge < -0.3 is 20.2 Å². The van der Waals surface area contributed by atoms with Gasteiger partial charge in [0.15, 0.2) is 5.96 Å². The van der Waals surface area contributed by atoms with Gasteiger partial charge in [-0.05, 0) is 24.0 Å². The topological polar surface area (TPSA) is 82.9 Å². The van der Waals surface area contributed by atoms with Crippen LogP contribution in [0.5, 0.6) is 0 Å². The van der Waals surface area contributed by atoms with Gasteiger partial charge >= 0.3 is 0 Å². The first kappa shape index (κ1) is 19.9. The molecule has 0 fully saturated rings. The minimum Gasteiger partial charge on any atom is -0.361 e. The summed E-state index contributed by atoms with van der Waals surface area (Å²) in [6, 6.07) is 8.41. The van der Waals surface area contributed by atoms with Crippen molar-refractivity contribution in [3.05, 3.63) is 48.2 Å². The average Bonchev–Trinajstić information content (AvgIpc) is 3.32. The lowest BCUT2D eigenvalue weighted by Crippen LogP contribution is -2.40. The van der Waals surface area contributed by atoms with Gasteiger partial charge in [0, 0.05) is 49.7 Å². The number of fused-ring (bicyclic) bond motifs is 1. The zero-order valence-corrected chi connectivity index (χ0v) is 17.1. The van der Waals surface area contributed by atoms with Crippen LogP contribution in [0.1, 0.15) is 32.2 Å².